The molecule has 0 saturated heterocycles. The molecule has 0 radical (unpaired) electrons. The van der Waals surface area contributed by atoms with Gasteiger partial charge in [0.25, 0.3) is 5.91 Å². The molecule has 190 valence electrons. The van der Waals surface area contributed by atoms with Gasteiger partial charge in [0, 0.05) is 29.7 Å². The number of rotatable bonds is 7. The predicted octanol–water partition coefficient (Wildman–Crippen LogP) is 3.69. The predicted molar refractivity (Wildman–Crippen MR) is 141 cm³/mol. The van der Waals surface area contributed by atoms with E-state index in [9.17, 15) is 18.0 Å². The third-order valence-electron chi connectivity index (χ3n) is 6.22. The van der Waals surface area contributed by atoms with E-state index in [-0.39, 0.29) is 16.8 Å². The van der Waals surface area contributed by atoms with Crippen molar-refractivity contribution < 1.29 is 18.0 Å². The number of urea groups is 1. The molecule has 4 N–H and O–H groups in total. The number of nitriles is 1. The number of carbonyl (C=O) groups is 2. The van der Waals surface area contributed by atoms with Crippen LogP contribution in [-0.4, -0.2) is 44.6 Å². The lowest BCUT2D eigenvalue weighted by Crippen LogP contribution is -2.41. The molecular formula is C27H27N5O4S. The van der Waals surface area contributed by atoms with Gasteiger partial charge in [-0.25, -0.2) is 13.2 Å². The minimum atomic E-state index is -3.33. The molecule has 1 unspecified atom stereocenters. The zero-order valence-electron chi connectivity index (χ0n) is 20.3. The summed E-state index contributed by atoms with van der Waals surface area (Å²) in [5, 5.41) is 14.5. The first-order chi connectivity index (χ1) is 17.7. The number of amides is 3. The number of sulfone groups is 1. The normalized spacial score (nSPS) is 15.0. The summed E-state index contributed by atoms with van der Waals surface area (Å²) in [5.41, 5.74) is 9.48. The fourth-order valence-electron chi connectivity index (χ4n) is 4.32. The summed E-state index contributed by atoms with van der Waals surface area (Å²) in [6.45, 7) is 0.935. The summed E-state index contributed by atoms with van der Waals surface area (Å²) in [7, 11) is -3.33. The van der Waals surface area contributed by atoms with Crippen LogP contribution in [0, 0.1) is 11.3 Å². The quantitative estimate of drug-likeness (QED) is 0.436. The van der Waals surface area contributed by atoms with Crippen molar-refractivity contribution in [1.29, 1.82) is 5.26 Å². The summed E-state index contributed by atoms with van der Waals surface area (Å²) in [6, 6.07) is 19.7. The summed E-state index contributed by atoms with van der Waals surface area (Å²) in [5.74, 6) is -0.149. The van der Waals surface area contributed by atoms with Crippen LogP contribution >= 0.6 is 0 Å². The monoisotopic (exact) mass is 517 g/mol. The van der Waals surface area contributed by atoms with E-state index >= 15 is 0 Å². The maximum atomic E-state index is 13.5. The van der Waals surface area contributed by atoms with Gasteiger partial charge in [-0.2, -0.15) is 5.26 Å². The average Bonchev–Trinajstić information content (AvgIpc) is 2.88. The summed E-state index contributed by atoms with van der Waals surface area (Å²) in [4.78, 5) is 28.0. The number of fused-ring (bicyclic) bond motifs is 1. The van der Waals surface area contributed by atoms with Gasteiger partial charge in [-0.15, -0.1) is 0 Å². The number of nitrogens with two attached hydrogens (primary N) is 1. The molecule has 3 amide bonds. The van der Waals surface area contributed by atoms with Gasteiger partial charge in [0.1, 0.15) is 0 Å². The molecule has 37 heavy (non-hydrogen) atoms. The molecule has 0 aromatic heterocycles. The highest BCUT2D eigenvalue weighted by Crippen LogP contribution is 2.34. The van der Waals surface area contributed by atoms with Gasteiger partial charge in [0.05, 0.1) is 22.6 Å². The molecule has 0 fully saturated rings. The van der Waals surface area contributed by atoms with Crippen molar-refractivity contribution in [1.82, 2.24) is 4.90 Å². The highest BCUT2D eigenvalue weighted by atomic mass is 32.2. The van der Waals surface area contributed by atoms with E-state index in [1.54, 1.807) is 29.2 Å². The Hall–Kier alpha value is -4.20. The third-order valence-corrected chi connectivity index (χ3v) is 7.34. The van der Waals surface area contributed by atoms with Gasteiger partial charge in [0.15, 0.2) is 9.84 Å². The second kappa shape index (κ2) is 10.8. The van der Waals surface area contributed by atoms with E-state index in [1.165, 1.54) is 24.3 Å². The molecule has 1 atom stereocenters. The molecular weight excluding hydrogens is 490 g/mol. The molecule has 1 aliphatic rings. The maximum Gasteiger partial charge on any atom is 0.323 e. The number of hydrogen-bond donors (Lipinski definition) is 3. The molecule has 0 spiro atoms. The molecule has 0 aliphatic carbocycles. The number of benzene rings is 3. The molecule has 0 bridgehead atoms. The van der Waals surface area contributed by atoms with E-state index in [1.807, 2.05) is 18.2 Å². The molecule has 0 saturated carbocycles. The van der Waals surface area contributed by atoms with Crippen LogP contribution in [0.1, 0.15) is 39.5 Å². The molecule has 3 aromatic rings. The van der Waals surface area contributed by atoms with Crippen LogP contribution in [0.4, 0.5) is 16.2 Å². The van der Waals surface area contributed by atoms with Crippen molar-refractivity contribution in [2.75, 3.05) is 30.0 Å². The van der Waals surface area contributed by atoms with Gasteiger partial charge >= 0.3 is 6.03 Å². The molecule has 1 heterocycles. The van der Waals surface area contributed by atoms with Gasteiger partial charge in [0.2, 0.25) is 0 Å². The van der Waals surface area contributed by atoms with E-state index in [2.05, 4.69) is 16.7 Å². The van der Waals surface area contributed by atoms with Crippen LogP contribution in [0.3, 0.4) is 0 Å². The zero-order valence-corrected chi connectivity index (χ0v) is 21.1. The average molecular weight is 518 g/mol. The Labute approximate surface area is 215 Å². The third kappa shape index (κ3) is 5.97. The molecule has 9 nitrogen and oxygen atoms in total. The minimum Gasteiger partial charge on any atom is -0.331 e. The number of nitrogens with one attached hydrogen (secondary N) is 2. The van der Waals surface area contributed by atoms with E-state index in [4.69, 9.17) is 11.0 Å². The van der Waals surface area contributed by atoms with Gasteiger partial charge in [-0.05, 0) is 79.0 Å². The Morgan fingerprint density at radius 2 is 1.70 bits per heavy atom. The molecule has 1 aliphatic heterocycles. The number of carbonyl (C=O) groups excluding carboxylic acids is 2. The van der Waals surface area contributed by atoms with E-state index < -0.39 is 15.9 Å². The van der Waals surface area contributed by atoms with Gasteiger partial charge < -0.3 is 21.3 Å². The standard InChI is InChI=1S/C27H27N5O4S/c1-37(35,36)23-11-9-21(10-12-23)30-27(34)31-22-8-7-20-15-25(19-5-3-18(17-29)4-6-19)32(14-2-13-28)26(33)24(20)16-22/h3-12,16,25H,2,13-15,28H2,1H3,(H2,30,31,34). The lowest BCUT2D eigenvalue weighted by Gasteiger charge is -2.37. The van der Waals surface area contributed by atoms with Crippen LogP contribution in [0.25, 0.3) is 0 Å². The second-order valence-corrected chi connectivity index (χ2v) is 10.9. The van der Waals surface area contributed by atoms with Crippen molar-refractivity contribution in [3.05, 3.63) is 89.0 Å². The fraction of sp³-hybridized carbons (Fsp3) is 0.222. The fourth-order valence-corrected chi connectivity index (χ4v) is 4.95. The van der Waals surface area contributed by atoms with Crippen LogP contribution in [0.2, 0.25) is 0 Å². The van der Waals surface area contributed by atoms with Crippen LogP contribution < -0.4 is 16.4 Å². The Morgan fingerprint density at radius 3 is 2.32 bits per heavy atom. The van der Waals surface area contributed by atoms with Crippen LogP contribution in [0.5, 0.6) is 0 Å². The smallest absolute Gasteiger partial charge is 0.323 e. The lowest BCUT2D eigenvalue weighted by molar-refractivity contribution is 0.0646. The first kappa shape index (κ1) is 25.9. The summed E-state index contributed by atoms with van der Waals surface area (Å²) in [6.07, 6.45) is 2.35. The number of nitrogens with zero attached hydrogens (tertiary/aromatic N) is 2. The topological polar surface area (TPSA) is 145 Å². The Morgan fingerprint density at radius 1 is 1.05 bits per heavy atom. The van der Waals surface area contributed by atoms with Crippen molar-refractivity contribution in [3.63, 3.8) is 0 Å². The molecule has 10 heteroatoms. The first-order valence-corrected chi connectivity index (χ1v) is 13.6. The number of anilines is 2. The van der Waals surface area contributed by atoms with E-state index in [0.717, 1.165) is 17.4 Å². The van der Waals surface area contributed by atoms with E-state index in [0.29, 0.717) is 48.4 Å². The highest BCUT2D eigenvalue weighted by Gasteiger charge is 2.33. The van der Waals surface area contributed by atoms with Crippen molar-refractivity contribution in [3.8, 4) is 6.07 Å². The maximum absolute atomic E-state index is 13.5. The van der Waals surface area contributed by atoms with Crippen molar-refractivity contribution in [2.24, 2.45) is 5.73 Å². The second-order valence-electron chi connectivity index (χ2n) is 8.84. The first-order valence-electron chi connectivity index (χ1n) is 11.7. The van der Waals surface area contributed by atoms with Crippen LogP contribution in [0.15, 0.2) is 71.6 Å². The Bertz CT molecular complexity index is 1460. The van der Waals surface area contributed by atoms with Crippen molar-refractivity contribution >= 4 is 33.2 Å². The Balaban J connectivity index is 1.52. The van der Waals surface area contributed by atoms with Crippen molar-refractivity contribution in [2.45, 2.75) is 23.8 Å². The van der Waals surface area contributed by atoms with Gasteiger partial charge in [-0.1, -0.05) is 18.2 Å². The number of hydrogen-bond acceptors (Lipinski definition) is 6. The van der Waals surface area contributed by atoms with Crippen LogP contribution in [-0.2, 0) is 16.3 Å². The SMILES string of the molecule is CS(=O)(=O)c1ccc(NC(=O)Nc2ccc3c(c2)C(=O)N(CCCN)C(c2ccc(C#N)cc2)C3)cc1. The van der Waals surface area contributed by atoms with Gasteiger partial charge in [-0.3, -0.25) is 4.79 Å². The summed E-state index contributed by atoms with van der Waals surface area (Å²) < 4.78 is 23.2. The zero-order chi connectivity index (χ0) is 26.6. The molecule has 4 rings (SSSR count). The molecule has 3 aromatic carbocycles. The Kier molecular flexibility index (Phi) is 7.57. The lowest BCUT2D eigenvalue weighted by atomic mass is 9.88. The highest BCUT2D eigenvalue weighted by molar-refractivity contribution is 7.90. The summed E-state index contributed by atoms with van der Waals surface area (Å²) >= 11 is 0. The largest absolute Gasteiger partial charge is 0.331 e. The minimum absolute atomic E-state index is 0.149.